The number of carboxylic acids is 1. The number of para-hydroxylation sites is 2. The van der Waals surface area contributed by atoms with Gasteiger partial charge in [0, 0.05) is 6.42 Å². The molecule has 1 aliphatic rings. The standard InChI is InChI=1S/C14H17NO4/c1-9(2)19-12-6-4-3-5-10(12)15-11(14(17)18)7-8-13(15)16/h3-6,9,11H,7-8H2,1-2H3,(H,17,18). The summed E-state index contributed by atoms with van der Waals surface area (Å²) in [5, 5.41) is 9.20. The van der Waals surface area contributed by atoms with E-state index in [1.165, 1.54) is 4.90 Å². The van der Waals surface area contributed by atoms with Gasteiger partial charge in [-0.1, -0.05) is 12.1 Å². The lowest BCUT2D eigenvalue weighted by Gasteiger charge is -2.25. The van der Waals surface area contributed by atoms with Gasteiger partial charge in [-0.25, -0.2) is 4.79 Å². The molecule has 0 radical (unpaired) electrons. The van der Waals surface area contributed by atoms with Crippen LogP contribution in [0.1, 0.15) is 26.7 Å². The first-order valence-electron chi connectivity index (χ1n) is 6.31. The number of nitrogens with zero attached hydrogens (tertiary/aromatic N) is 1. The van der Waals surface area contributed by atoms with Crippen molar-refractivity contribution in [1.29, 1.82) is 0 Å². The van der Waals surface area contributed by atoms with Crippen molar-refractivity contribution in [2.75, 3.05) is 4.90 Å². The first-order valence-corrected chi connectivity index (χ1v) is 6.31. The number of carboxylic acid groups (broad SMARTS) is 1. The summed E-state index contributed by atoms with van der Waals surface area (Å²) in [5.41, 5.74) is 0.533. The summed E-state index contributed by atoms with van der Waals surface area (Å²) >= 11 is 0. The number of anilines is 1. The highest BCUT2D eigenvalue weighted by Crippen LogP contribution is 2.34. The summed E-state index contributed by atoms with van der Waals surface area (Å²) in [4.78, 5) is 24.5. The lowest BCUT2D eigenvalue weighted by atomic mass is 10.2. The molecule has 1 aromatic rings. The van der Waals surface area contributed by atoms with Crippen LogP contribution in [-0.2, 0) is 9.59 Å². The van der Waals surface area contributed by atoms with Crippen LogP contribution in [-0.4, -0.2) is 29.1 Å². The zero-order valence-corrected chi connectivity index (χ0v) is 11.0. The molecule has 1 atom stereocenters. The van der Waals surface area contributed by atoms with Crippen molar-refractivity contribution in [2.45, 2.75) is 38.8 Å². The van der Waals surface area contributed by atoms with Crippen LogP contribution in [0, 0.1) is 0 Å². The molecule has 0 aromatic heterocycles. The Morgan fingerprint density at radius 3 is 2.74 bits per heavy atom. The lowest BCUT2D eigenvalue weighted by molar-refractivity contribution is -0.138. The smallest absolute Gasteiger partial charge is 0.326 e. The van der Waals surface area contributed by atoms with Crippen LogP contribution in [0.4, 0.5) is 5.69 Å². The van der Waals surface area contributed by atoms with Crippen molar-refractivity contribution in [3.05, 3.63) is 24.3 Å². The van der Waals surface area contributed by atoms with Gasteiger partial charge < -0.3 is 9.84 Å². The largest absolute Gasteiger partial charge is 0.489 e. The van der Waals surface area contributed by atoms with E-state index in [1.54, 1.807) is 24.3 Å². The van der Waals surface area contributed by atoms with Crippen molar-refractivity contribution >= 4 is 17.6 Å². The topological polar surface area (TPSA) is 66.8 Å². The predicted octanol–water partition coefficient (Wildman–Crippen LogP) is 2.05. The van der Waals surface area contributed by atoms with Crippen LogP contribution in [0.15, 0.2) is 24.3 Å². The quantitative estimate of drug-likeness (QED) is 0.902. The van der Waals surface area contributed by atoms with Gasteiger partial charge in [0.05, 0.1) is 11.8 Å². The molecule has 1 aromatic carbocycles. The average Bonchev–Trinajstić information content (AvgIpc) is 2.71. The number of ether oxygens (including phenoxy) is 1. The Morgan fingerprint density at radius 1 is 1.42 bits per heavy atom. The molecule has 1 N–H and O–H groups in total. The van der Waals surface area contributed by atoms with Crippen molar-refractivity contribution in [2.24, 2.45) is 0 Å². The second kappa shape index (κ2) is 5.30. The van der Waals surface area contributed by atoms with E-state index in [2.05, 4.69) is 0 Å². The lowest BCUT2D eigenvalue weighted by Crippen LogP contribution is -2.38. The van der Waals surface area contributed by atoms with Gasteiger partial charge in [0.1, 0.15) is 11.8 Å². The first kappa shape index (κ1) is 13.4. The van der Waals surface area contributed by atoms with Gasteiger partial charge in [-0.15, -0.1) is 0 Å². The summed E-state index contributed by atoms with van der Waals surface area (Å²) < 4.78 is 5.65. The third kappa shape index (κ3) is 2.70. The Labute approximate surface area is 111 Å². The highest BCUT2D eigenvalue weighted by Gasteiger charge is 2.38. The molecule has 1 saturated heterocycles. The molecule has 5 nitrogen and oxygen atoms in total. The molecule has 1 heterocycles. The summed E-state index contributed by atoms with van der Waals surface area (Å²) in [5.74, 6) is -0.614. The number of aliphatic carboxylic acids is 1. The molecule has 102 valence electrons. The minimum absolute atomic E-state index is 0.0397. The Kier molecular flexibility index (Phi) is 3.74. The maximum absolute atomic E-state index is 11.9. The zero-order chi connectivity index (χ0) is 14.0. The van der Waals surface area contributed by atoms with Gasteiger partial charge in [-0.3, -0.25) is 9.69 Å². The monoisotopic (exact) mass is 263 g/mol. The molecular weight excluding hydrogens is 246 g/mol. The minimum Gasteiger partial charge on any atom is -0.489 e. The zero-order valence-electron chi connectivity index (χ0n) is 11.0. The fraction of sp³-hybridized carbons (Fsp3) is 0.429. The van der Waals surface area contributed by atoms with E-state index < -0.39 is 12.0 Å². The molecule has 0 spiro atoms. The predicted molar refractivity (Wildman–Crippen MR) is 70.3 cm³/mol. The van der Waals surface area contributed by atoms with Gasteiger partial charge in [0.2, 0.25) is 5.91 Å². The van der Waals surface area contributed by atoms with Crippen LogP contribution >= 0.6 is 0 Å². The van der Waals surface area contributed by atoms with Gasteiger partial charge >= 0.3 is 5.97 Å². The number of hydrogen-bond donors (Lipinski definition) is 1. The van der Waals surface area contributed by atoms with E-state index in [0.717, 1.165) is 0 Å². The minimum atomic E-state index is -0.981. The average molecular weight is 263 g/mol. The van der Waals surface area contributed by atoms with Crippen LogP contribution in [0.3, 0.4) is 0 Å². The van der Waals surface area contributed by atoms with Gasteiger partial charge in [-0.2, -0.15) is 0 Å². The SMILES string of the molecule is CC(C)Oc1ccccc1N1C(=O)CCC1C(=O)O. The molecule has 0 bridgehead atoms. The van der Waals surface area contributed by atoms with Crippen molar-refractivity contribution in [3.63, 3.8) is 0 Å². The maximum Gasteiger partial charge on any atom is 0.326 e. The highest BCUT2D eigenvalue weighted by molar-refractivity contribution is 6.03. The van der Waals surface area contributed by atoms with Gasteiger partial charge in [-0.05, 0) is 32.4 Å². The molecule has 1 amide bonds. The number of rotatable bonds is 4. The molecule has 2 rings (SSSR count). The van der Waals surface area contributed by atoms with Crippen molar-refractivity contribution < 1.29 is 19.4 Å². The van der Waals surface area contributed by atoms with Crippen LogP contribution in [0.2, 0.25) is 0 Å². The van der Waals surface area contributed by atoms with Crippen molar-refractivity contribution in [1.82, 2.24) is 0 Å². The number of amides is 1. The van der Waals surface area contributed by atoms with Crippen LogP contribution < -0.4 is 9.64 Å². The van der Waals surface area contributed by atoms with E-state index in [1.807, 2.05) is 13.8 Å². The van der Waals surface area contributed by atoms with E-state index in [4.69, 9.17) is 4.74 Å². The number of hydrogen-bond acceptors (Lipinski definition) is 3. The summed E-state index contributed by atoms with van der Waals surface area (Å²) in [6, 6.07) is 6.24. The molecule has 0 aliphatic carbocycles. The Hall–Kier alpha value is -2.04. The second-order valence-corrected chi connectivity index (χ2v) is 4.79. The molecule has 5 heteroatoms. The molecule has 1 aliphatic heterocycles. The van der Waals surface area contributed by atoms with Crippen molar-refractivity contribution in [3.8, 4) is 5.75 Å². The van der Waals surface area contributed by atoms with E-state index in [0.29, 0.717) is 17.9 Å². The third-order valence-electron chi connectivity index (χ3n) is 2.98. The Bertz CT molecular complexity index is 498. The molecule has 1 unspecified atom stereocenters. The molecule has 19 heavy (non-hydrogen) atoms. The summed E-state index contributed by atoms with van der Waals surface area (Å²) in [6.07, 6.45) is 0.555. The summed E-state index contributed by atoms with van der Waals surface area (Å²) in [7, 11) is 0. The third-order valence-corrected chi connectivity index (χ3v) is 2.98. The Balaban J connectivity index is 2.39. The second-order valence-electron chi connectivity index (χ2n) is 4.79. The van der Waals surface area contributed by atoms with E-state index in [9.17, 15) is 14.7 Å². The number of benzene rings is 1. The fourth-order valence-electron chi connectivity index (χ4n) is 2.23. The summed E-state index contributed by atoms with van der Waals surface area (Å²) in [6.45, 7) is 3.77. The molecule has 1 fully saturated rings. The number of carbonyl (C=O) groups is 2. The maximum atomic E-state index is 11.9. The normalized spacial score (nSPS) is 19.0. The van der Waals surface area contributed by atoms with Crippen LogP contribution in [0.25, 0.3) is 0 Å². The van der Waals surface area contributed by atoms with Gasteiger partial charge in [0.25, 0.3) is 0 Å². The first-order chi connectivity index (χ1) is 9.00. The number of carbonyl (C=O) groups excluding carboxylic acids is 1. The molecular formula is C14H17NO4. The highest BCUT2D eigenvalue weighted by atomic mass is 16.5. The van der Waals surface area contributed by atoms with E-state index >= 15 is 0 Å². The molecule has 0 saturated carbocycles. The fourth-order valence-corrected chi connectivity index (χ4v) is 2.23. The van der Waals surface area contributed by atoms with Gasteiger partial charge in [0.15, 0.2) is 0 Å². The van der Waals surface area contributed by atoms with Crippen LogP contribution in [0.5, 0.6) is 5.75 Å². The Morgan fingerprint density at radius 2 is 2.11 bits per heavy atom. The van der Waals surface area contributed by atoms with E-state index in [-0.39, 0.29) is 18.4 Å².